The zero-order valence-corrected chi connectivity index (χ0v) is 32.8. The number of carbonyl (C=O) groups excluding carboxylic acids is 1. The number of nitrogens with one attached hydrogen (secondary N) is 1. The third-order valence-corrected chi connectivity index (χ3v) is 10.0. The Morgan fingerprint density at radius 1 is 0.510 bits per heavy atom. The van der Waals surface area contributed by atoms with Gasteiger partial charge < -0.3 is 20.6 Å². The molecule has 0 radical (unpaired) electrons. The Labute approximate surface area is 305 Å². The molecule has 0 saturated heterocycles. The molecule has 5 nitrogen and oxygen atoms in total. The van der Waals surface area contributed by atoms with Crippen LogP contribution >= 0.6 is 0 Å². The van der Waals surface area contributed by atoms with E-state index in [1.54, 1.807) is 0 Å². The third-order valence-electron chi connectivity index (χ3n) is 10.0. The van der Waals surface area contributed by atoms with Gasteiger partial charge in [0.2, 0.25) is 5.91 Å². The van der Waals surface area contributed by atoms with Gasteiger partial charge in [0, 0.05) is 0 Å². The number of rotatable bonds is 39. The van der Waals surface area contributed by atoms with Crippen molar-refractivity contribution in [2.45, 2.75) is 244 Å². The summed E-state index contributed by atoms with van der Waals surface area (Å²) in [6, 6.07) is -0.656. The minimum atomic E-state index is -0.746. The molecule has 0 aromatic heterocycles. The van der Waals surface area contributed by atoms with Crippen molar-refractivity contribution in [2.75, 3.05) is 6.61 Å². The number of aliphatic hydroxyl groups excluding tert-OH is 3. The largest absolute Gasteiger partial charge is 0.394 e. The van der Waals surface area contributed by atoms with E-state index in [0.717, 1.165) is 32.1 Å². The van der Waals surface area contributed by atoms with Crippen LogP contribution in [0.3, 0.4) is 0 Å². The molecule has 0 aliphatic carbocycles. The topological polar surface area (TPSA) is 89.8 Å². The Balaban J connectivity index is 3.57. The van der Waals surface area contributed by atoms with Gasteiger partial charge in [0.1, 0.15) is 0 Å². The molecule has 290 valence electrons. The van der Waals surface area contributed by atoms with Crippen molar-refractivity contribution < 1.29 is 20.1 Å². The fourth-order valence-corrected chi connectivity index (χ4v) is 6.67. The number of hydrogen-bond donors (Lipinski definition) is 4. The maximum atomic E-state index is 12.4. The van der Waals surface area contributed by atoms with Crippen LogP contribution in [0, 0.1) is 0 Å². The molecule has 0 bridgehead atoms. The normalized spacial score (nSPS) is 13.8. The Bertz CT molecular complexity index is 724. The van der Waals surface area contributed by atoms with E-state index >= 15 is 0 Å². The second-order valence-corrected chi connectivity index (χ2v) is 15.0. The van der Waals surface area contributed by atoms with Crippen LogP contribution in [-0.4, -0.2) is 46.1 Å². The predicted molar refractivity (Wildman–Crippen MR) is 213 cm³/mol. The summed E-state index contributed by atoms with van der Waals surface area (Å²) in [6.45, 7) is 4.24. The summed E-state index contributed by atoms with van der Waals surface area (Å²) in [7, 11) is 0. The molecule has 5 heteroatoms. The van der Waals surface area contributed by atoms with Gasteiger partial charge in [-0.2, -0.15) is 0 Å². The molecular weight excluding hydrogens is 606 g/mol. The van der Waals surface area contributed by atoms with Gasteiger partial charge in [-0.05, 0) is 44.9 Å². The van der Waals surface area contributed by atoms with E-state index < -0.39 is 18.2 Å². The van der Waals surface area contributed by atoms with Crippen LogP contribution in [0.15, 0.2) is 24.3 Å². The zero-order valence-electron chi connectivity index (χ0n) is 32.8. The number of allylic oxidation sites excluding steroid dienone is 4. The summed E-state index contributed by atoms with van der Waals surface area (Å²) < 4.78 is 0. The minimum Gasteiger partial charge on any atom is -0.394 e. The summed E-state index contributed by atoms with van der Waals surface area (Å²) >= 11 is 0. The molecule has 1 amide bonds. The van der Waals surface area contributed by atoms with E-state index in [9.17, 15) is 20.1 Å². The van der Waals surface area contributed by atoms with E-state index in [0.29, 0.717) is 12.8 Å². The average Bonchev–Trinajstić information content (AvgIpc) is 3.09. The van der Waals surface area contributed by atoms with Crippen molar-refractivity contribution in [1.82, 2.24) is 5.32 Å². The summed E-state index contributed by atoms with van der Waals surface area (Å²) in [5, 5.41) is 33.2. The highest BCUT2D eigenvalue weighted by Crippen LogP contribution is 2.15. The monoisotopic (exact) mass is 692 g/mol. The number of amides is 1. The molecule has 0 heterocycles. The lowest BCUT2D eigenvalue weighted by Crippen LogP contribution is -2.46. The fraction of sp³-hybridized carbons (Fsp3) is 0.886. The number of aliphatic hydroxyl groups is 3. The SMILES string of the molecule is CCCCCCCCCCC/C=C\C/C=C\CCCCCCCCCCCC(O)CC(=O)NC(CO)C(O)CCCCCCCCCCC. The minimum absolute atomic E-state index is 0.0343. The molecule has 0 aromatic rings. The standard InChI is InChI=1S/C44H85NO4/c1-3-5-7-9-11-13-14-15-16-17-18-19-20-21-22-23-24-25-26-27-28-30-31-33-35-37-41(47)39-44(49)45-42(40-46)43(48)38-36-34-32-29-12-10-8-6-4-2/h18-19,21-22,41-43,46-48H,3-17,20,23-40H2,1-2H3,(H,45,49)/b19-18-,22-21-. The lowest BCUT2D eigenvalue weighted by molar-refractivity contribution is -0.125. The molecule has 0 aliphatic rings. The van der Waals surface area contributed by atoms with E-state index in [1.165, 1.54) is 161 Å². The first kappa shape index (κ1) is 47.8. The molecule has 0 aliphatic heterocycles. The maximum absolute atomic E-state index is 12.4. The summed E-state index contributed by atoms with van der Waals surface area (Å²) in [4.78, 5) is 12.4. The second kappa shape index (κ2) is 39.6. The molecule has 0 spiro atoms. The van der Waals surface area contributed by atoms with Gasteiger partial charge in [-0.3, -0.25) is 4.79 Å². The molecule has 4 N–H and O–H groups in total. The van der Waals surface area contributed by atoms with Crippen LogP contribution in [0.25, 0.3) is 0 Å². The average molecular weight is 692 g/mol. The van der Waals surface area contributed by atoms with Crippen LogP contribution in [0.4, 0.5) is 0 Å². The quantitative estimate of drug-likeness (QED) is 0.0381. The highest BCUT2D eigenvalue weighted by atomic mass is 16.3. The molecule has 0 saturated carbocycles. The third kappa shape index (κ3) is 36.4. The van der Waals surface area contributed by atoms with Crippen molar-refractivity contribution in [3.8, 4) is 0 Å². The van der Waals surface area contributed by atoms with E-state index in [2.05, 4.69) is 43.5 Å². The van der Waals surface area contributed by atoms with Crippen LogP contribution < -0.4 is 5.32 Å². The highest BCUT2D eigenvalue weighted by molar-refractivity contribution is 5.76. The van der Waals surface area contributed by atoms with Gasteiger partial charge in [-0.1, -0.05) is 199 Å². The van der Waals surface area contributed by atoms with Crippen molar-refractivity contribution in [3.05, 3.63) is 24.3 Å². The molecule has 0 aromatic carbocycles. The number of hydrogen-bond acceptors (Lipinski definition) is 4. The van der Waals surface area contributed by atoms with Gasteiger partial charge in [0.05, 0.1) is 31.3 Å². The predicted octanol–water partition coefficient (Wildman–Crippen LogP) is 12.2. The van der Waals surface area contributed by atoms with E-state index in [-0.39, 0.29) is 18.9 Å². The lowest BCUT2D eigenvalue weighted by Gasteiger charge is -2.23. The van der Waals surface area contributed by atoms with Crippen molar-refractivity contribution in [3.63, 3.8) is 0 Å². The molecule has 0 rings (SSSR count). The molecule has 0 fully saturated rings. The highest BCUT2D eigenvalue weighted by Gasteiger charge is 2.21. The van der Waals surface area contributed by atoms with Gasteiger partial charge in [0.25, 0.3) is 0 Å². The number of carbonyl (C=O) groups is 1. The van der Waals surface area contributed by atoms with Crippen LogP contribution in [0.1, 0.15) is 226 Å². The number of unbranched alkanes of at least 4 members (excludes halogenated alkanes) is 26. The molecule has 3 atom stereocenters. The van der Waals surface area contributed by atoms with Crippen LogP contribution in [-0.2, 0) is 4.79 Å². The molecule has 3 unspecified atom stereocenters. The summed E-state index contributed by atoms with van der Waals surface area (Å²) in [5.41, 5.74) is 0. The zero-order chi connectivity index (χ0) is 35.9. The van der Waals surface area contributed by atoms with E-state index in [1.807, 2.05) is 0 Å². The van der Waals surface area contributed by atoms with Gasteiger partial charge in [-0.25, -0.2) is 0 Å². The fourth-order valence-electron chi connectivity index (χ4n) is 6.67. The molecular formula is C44H85NO4. The van der Waals surface area contributed by atoms with Crippen LogP contribution in [0.5, 0.6) is 0 Å². The Morgan fingerprint density at radius 2 is 0.878 bits per heavy atom. The lowest BCUT2D eigenvalue weighted by atomic mass is 10.0. The maximum Gasteiger partial charge on any atom is 0.222 e. The first-order valence-corrected chi connectivity index (χ1v) is 21.6. The summed E-state index contributed by atoms with van der Waals surface area (Å²) in [6.07, 6.45) is 47.3. The first-order valence-electron chi connectivity index (χ1n) is 21.6. The summed E-state index contributed by atoms with van der Waals surface area (Å²) in [5.74, 6) is -0.287. The van der Waals surface area contributed by atoms with Gasteiger partial charge in [0.15, 0.2) is 0 Å². The van der Waals surface area contributed by atoms with Crippen molar-refractivity contribution in [2.24, 2.45) is 0 Å². The van der Waals surface area contributed by atoms with Crippen LogP contribution in [0.2, 0.25) is 0 Å². The Morgan fingerprint density at radius 3 is 1.29 bits per heavy atom. The Hall–Kier alpha value is -1.17. The van der Waals surface area contributed by atoms with E-state index in [4.69, 9.17) is 0 Å². The second-order valence-electron chi connectivity index (χ2n) is 15.0. The van der Waals surface area contributed by atoms with Gasteiger partial charge in [-0.15, -0.1) is 0 Å². The first-order chi connectivity index (χ1) is 24.0. The van der Waals surface area contributed by atoms with Gasteiger partial charge >= 0.3 is 0 Å². The smallest absolute Gasteiger partial charge is 0.222 e. The molecule has 49 heavy (non-hydrogen) atoms. The Kier molecular flexibility index (Phi) is 38.7. The van der Waals surface area contributed by atoms with Crippen molar-refractivity contribution in [1.29, 1.82) is 0 Å². The van der Waals surface area contributed by atoms with Crippen molar-refractivity contribution >= 4 is 5.91 Å².